The average molecular weight is 230 g/mol. The van der Waals surface area contributed by atoms with Crippen molar-refractivity contribution in [2.45, 2.75) is 6.54 Å². The first-order chi connectivity index (χ1) is 8.22. The van der Waals surface area contributed by atoms with Gasteiger partial charge < -0.3 is 16.5 Å². The van der Waals surface area contributed by atoms with Crippen molar-refractivity contribution in [3.63, 3.8) is 0 Å². The molecule has 17 heavy (non-hydrogen) atoms. The second-order valence-electron chi connectivity index (χ2n) is 3.61. The second kappa shape index (κ2) is 3.44. The molecule has 8 nitrogen and oxygen atoms in total. The summed E-state index contributed by atoms with van der Waals surface area (Å²) >= 11 is 0. The zero-order valence-corrected chi connectivity index (χ0v) is 8.83. The molecule has 86 valence electrons. The second-order valence-corrected chi connectivity index (χ2v) is 3.61. The van der Waals surface area contributed by atoms with Crippen LogP contribution in [0.4, 0.5) is 11.5 Å². The molecule has 0 aromatic carbocycles. The molecule has 0 aliphatic heterocycles. The lowest BCUT2D eigenvalue weighted by molar-refractivity contribution is 0.663. The minimum Gasteiger partial charge on any atom is -0.396 e. The quantitative estimate of drug-likeness (QED) is 0.558. The predicted molar refractivity (Wildman–Crippen MR) is 61.8 cm³/mol. The Hall–Kier alpha value is -2.64. The smallest absolute Gasteiger partial charge is 0.183 e. The first-order valence-electron chi connectivity index (χ1n) is 4.95. The highest BCUT2D eigenvalue weighted by atomic mass is 15.3. The van der Waals surface area contributed by atoms with Crippen LogP contribution in [0.15, 0.2) is 18.7 Å². The zero-order chi connectivity index (χ0) is 11.8. The molecule has 3 heterocycles. The van der Waals surface area contributed by atoms with Crippen LogP contribution in [0.3, 0.4) is 0 Å². The third-order valence-corrected chi connectivity index (χ3v) is 2.33. The van der Waals surface area contributed by atoms with Gasteiger partial charge >= 0.3 is 0 Å². The number of anilines is 2. The minimum absolute atomic E-state index is 0.383. The standard InChI is InChI=1S/C9H10N8/c10-5-1-14-17(2-5)3-6-15-7-8(11)12-4-13-9(7)16-6/h1-2,4H,3,10H2,(H3,11,12,13,15,16). The molecule has 0 fully saturated rings. The Labute approximate surface area is 95.7 Å². The van der Waals surface area contributed by atoms with Gasteiger partial charge in [0.1, 0.15) is 17.7 Å². The molecule has 0 bridgehead atoms. The van der Waals surface area contributed by atoms with E-state index >= 15 is 0 Å². The summed E-state index contributed by atoms with van der Waals surface area (Å²) < 4.78 is 1.68. The molecule has 3 rings (SSSR count). The van der Waals surface area contributed by atoms with Crippen LogP contribution in [0, 0.1) is 0 Å². The summed E-state index contributed by atoms with van der Waals surface area (Å²) in [6.45, 7) is 0.479. The third-order valence-electron chi connectivity index (χ3n) is 2.33. The summed E-state index contributed by atoms with van der Waals surface area (Å²) in [6.07, 6.45) is 4.69. The van der Waals surface area contributed by atoms with Crippen molar-refractivity contribution in [3.8, 4) is 0 Å². The molecule has 0 amide bonds. The van der Waals surface area contributed by atoms with E-state index in [9.17, 15) is 0 Å². The Bertz CT molecular complexity index is 666. The van der Waals surface area contributed by atoms with E-state index in [0.717, 1.165) is 0 Å². The van der Waals surface area contributed by atoms with Crippen molar-refractivity contribution < 1.29 is 0 Å². The van der Waals surface area contributed by atoms with Crippen LogP contribution in [0.5, 0.6) is 0 Å². The highest BCUT2D eigenvalue weighted by Crippen LogP contribution is 2.13. The number of imidazole rings is 1. The largest absolute Gasteiger partial charge is 0.396 e. The van der Waals surface area contributed by atoms with Crippen LogP contribution in [0.2, 0.25) is 0 Å². The van der Waals surface area contributed by atoms with Gasteiger partial charge in [-0.15, -0.1) is 0 Å². The normalized spacial score (nSPS) is 11.1. The molecule has 0 unspecified atom stereocenters. The summed E-state index contributed by atoms with van der Waals surface area (Å²) in [5.74, 6) is 1.09. The van der Waals surface area contributed by atoms with Crippen molar-refractivity contribution in [1.82, 2.24) is 29.7 Å². The molecule has 0 saturated heterocycles. The number of hydrogen-bond acceptors (Lipinski definition) is 6. The zero-order valence-electron chi connectivity index (χ0n) is 8.83. The molecule has 0 atom stereocenters. The minimum atomic E-state index is 0.383. The molecule has 0 saturated carbocycles. The molecule has 0 aliphatic rings. The number of nitrogens with two attached hydrogens (primary N) is 2. The molecule has 8 heteroatoms. The van der Waals surface area contributed by atoms with E-state index in [1.807, 2.05) is 0 Å². The van der Waals surface area contributed by atoms with Crippen molar-refractivity contribution in [2.75, 3.05) is 11.5 Å². The van der Waals surface area contributed by atoms with E-state index in [-0.39, 0.29) is 0 Å². The van der Waals surface area contributed by atoms with Crippen molar-refractivity contribution in [1.29, 1.82) is 0 Å². The van der Waals surface area contributed by atoms with Crippen LogP contribution in [0.1, 0.15) is 5.82 Å². The number of aromatic nitrogens is 6. The third kappa shape index (κ3) is 1.65. The topological polar surface area (TPSA) is 124 Å². The predicted octanol–water partition coefficient (Wildman–Crippen LogP) is -0.238. The van der Waals surface area contributed by atoms with E-state index in [1.165, 1.54) is 6.33 Å². The molecule has 0 radical (unpaired) electrons. The van der Waals surface area contributed by atoms with Gasteiger partial charge in [0.2, 0.25) is 0 Å². The van der Waals surface area contributed by atoms with Gasteiger partial charge in [0.15, 0.2) is 11.5 Å². The van der Waals surface area contributed by atoms with E-state index in [2.05, 4.69) is 25.0 Å². The molecular weight excluding hydrogens is 220 g/mol. The Morgan fingerprint density at radius 3 is 2.88 bits per heavy atom. The number of nitrogen functional groups attached to an aromatic ring is 2. The van der Waals surface area contributed by atoms with Gasteiger partial charge in [-0.3, -0.25) is 4.68 Å². The number of hydrogen-bond donors (Lipinski definition) is 3. The Morgan fingerprint density at radius 2 is 2.18 bits per heavy atom. The number of H-pyrrole nitrogens is 1. The van der Waals surface area contributed by atoms with Gasteiger partial charge in [-0.05, 0) is 0 Å². The Balaban J connectivity index is 1.98. The lowest BCUT2D eigenvalue weighted by Gasteiger charge is -1.95. The summed E-state index contributed by atoms with van der Waals surface area (Å²) in [4.78, 5) is 15.3. The summed E-state index contributed by atoms with van der Waals surface area (Å²) in [7, 11) is 0. The van der Waals surface area contributed by atoms with Crippen LogP contribution in [0.25, 0.3) is 11.2 Å². The van der Waals surface area contributed by atoms with E-state index in [4.69, 9.17) is 11.5 Å². The van der Waals surface area contributed by atoms with Gasteiger partial charge in [-0.25, -0.2) is 15.0 Å². The number of rotatable bonds is 2. The van der Waals surface area contributed by atoms with E-state index in [0.29, 0.717) is 35.0 Å². The fraction of sp³-hybridized carbons (Fsp3) is 0.111. The van der Waals surface area contributed by atoms with Crippen LogP contribution < -0.4 is 11.5 Å². The maximum Gasteiger partial charge on any atom is 0.183 e. The molecular formula is C9H10N8. The molecule has 0 spiro atoms. The van der Waals surface area contributed by atoms with Gasteiger partial charge in [-0.2, -0.15) is 5.10 Å². The SMILES string of the molecule is Nc1cnn(Cc2nc3ncnc(N)c3[nH]2)c1. The van der Waals surface area contributed by atoms with E-state index in [1.54, 1.807) is 17.1 Å². The first-order valence-corrected chi connectivity index (χ1v) is 4.95. The van der Waals surface area contributed by atoms with Crippen LogP contribution >= 0.6 is 0 Å². The average Bonchev–Trinajstić information content (AvgIpc) is 2.86. The van der Waals surface area contributed by atoms with Crippen LogP contribution in [-0.2, 0) is 6.54 Å². The molecule has 5 N–H and O–H groups in total. The van der Waals surface area contributed by atoms with Gasteiger partial charge in [0, 0.05) is 6.20 Å². The summed E-state index contributed by atoms with van der Waals surface area (Å²) in [6, 6.07) is 0. The summed E-state index contributed by atoms with van der Waals surface area (Å²) in [5.41, 5.74) is 13.1. The van der Waals surface area contributed by atoms with Gasteiger partial charge in [-0.1, -0.05) is 0 Å². The lowest BCUT2D eigenvalue weighted by atomic mass is 10.5. The number of aromatic amines is 1. The maximum atomic E-state index is 5.70. The lowest BCUT2D eigenvalue weighted by Crippen LogP contribution is -2.01. The number of nitrogens with zero attached hydrogens (tertiary/aromatic N) is 5. The Morgan fingerprint density at radius 1 is 1.29 bits per heavy atom. The fourth-order valence-corrected chi connectivity index (χ4v) is 1.59. The molecule has 0 aliphatic carbocycles. The number of fused-ring (bicyclic) bond motifs is 1. The van der Waals surface area contributed by atoms with Crippen molar-refractivity contribution in [2.24, 2.45) is 0 Å². The summed E-state index contributed by atoms with van der Waals surface area (Å²) in [5, 5.41) is 4.07. The highest BCUT2D eigenvalue weighted by molar-refractivity contribution is 5.80. The molecule has 3 aromatic heterocycles. The highest BCUT2D eigenvalue weighted by Gasteiger charge is 2.07. The van der Waals surface area contributed by atoms with Crippen LogP contribution in [-0.4, -0.2) is 29.7 Å². The Kier molecular flexibility index (Phi) is 1.94. The number of nitrogens with one attached hydrogen (secondary N) is 1. The van der Waals surface area contributed by atoms with Gasteiger partial charge in [0.05, 0.1) is 18.4 Å². The van der Waals surface area contributed by atoms with Crippen molar-refractivity contribution >= 4 is 22.7 Å². The first kappa shape index (κ1) is 9.58. The fourth-order valence-electron chi connectivity index (χ4n) is 1.59. The van der Waals surface area contributed by atoms with Gasteiger partial charge in [0.25, 0.3) is 0 Å². The monoisotopic (exact) mass is 230 g/mol. The van der Waals surface area contributed by atoms with Crippen molar-refractivity contribution in [3.05, 3.63) is 24.5 Å². The maximum absolute atomic E-state index is 5.70. The van der Waals surface area contributed by atoms with E-state index < -0.39 is 0 Å². The molecule has 3 aromatic rings.